The number of carboxylic acids is 5. The van der Waals surface area contributed by atoms with Crippen molar-refractivity contribution < 1.29 is 54.6 Å². The smallest absolute Gasteiger partial charge is 0.322 e. The van der Waals surface area contributed by atoms with Gasteiger partial charge in [0.15, 0.2) is 0 Å². The molecule has 3 atom stereocenters. The molecule has 0 bridgehead atoms. The highest BCUT2D eigenvalue weighted by Gasteiger charge is 2.09. The molecule has 0 spiro atoms. The van der Waals surface area contributed by atoms with Gasteiger partial charge in [0.1, 0.15) is 18.1 Å². The third kappa shape index (κ3) is 37.2. The zero-order valence-corrected chi connectivity index (χ0v) is 19.1. The Balaban J connectivity index is -0.000000171. The molecule has 0 aliphatic carbocycles. The van der Waals surface area contributed by atoms with Gasteiger partial charge in [0, 0.05) is 0 Å². The van der Waals surface area contributed by atoms with Gasteiger partial charge in [0.2, 0.25) is 0 Å². The van der Waals surface area contributed by atoms with Crippen molar-refractivity contribution in [1.82, 2.24) is 0 Å². The van der Waals surface area contributed by atoms with Crippen molar-refractivity contribution in [3.8, 4) is 0 Å². The Bertz CT molecular complexity index is 529. The normalized spacial score (nSPS) is 12.1. The Hall–Kier alpha value is -2.50. The molecule has 0 saturated heterocycles. The molecular weight excluding hydrogens is 468 g/mol. The van der Waals surface area contributed by atoms with Gasteiger partial charge >= 0.3 is 29.8 Å². The zero-order valence-electron chi connectivity index (χ0n) is 18.3. The standard InChI is InChI=1S/C5H12N2O2.C5H11NO2S.C4H6O4.C3H7NO3/c6-3-1-2-4(7)5(8)9;1-9-3-2-4(6)5(7)8;5-3(6)1-2-4(7)8;4-2(1-5)3(6)7/h4H,1-3,6-7H2,(H,8,9);4H,2-3,6H2,1H3,(H,7,8);1-2H2,(H,5,6)(H,7,8);2,5H,1,4H2,(H,6,7). The molecule has 3 unspecified atom stereocenters. The van der Waals surface area contributed by atoms with E-state index < -0.39 is 54.6 Å². The van der Waals surface area contributed by atoms with Crippen molar-refractivity contribution in [2.45, 2.75) is 50.2 Å². The van der Waals surface area contributed by atoms with E-state index in [0.717, 1.165) is 5.75 Å². The fourth-order valence-electron chi connectivity index (χ4n) is 1.12. The second-order valence-electron chi connectivity index (χ2n) is 6.02. The number of hydrogen-bond donors (Lipinski definition) is 10. The van der Waals surface area contributed by atoms with Crippen molar-refractivity contribution in [3.63, 3.8) is 0 Å². The van der Waals surface area contributed by atoms with Gasteiger partial charge in [-0.25, -0.2) is 0 Å². The van der Waals surface area contributed by atoms with Crippen LogP contribution in [0.15, 0.2) is 0 Å². The second kappa shape index (κ2) is 25.8. The summed E-state index contributed by atoms with van der Waals surface area (Å²) in [6.07, 6.45) is 3.02. The number of aliphatic hydroxyl groups is 1. The van der Waals surface area contributed by atoms with Gasteiger partial charge in [-0.3, -0.25) is 24.0 Å². The minimum absolute atomic E-state index is 0.296. The number of aliphatic hydroxyl groups excluding tert-OH is 1. The molecule has 0 aliphatic heterocycles. The number of thioether (sulfide) groups is 1. The van der Waals surface area contributed by atoms with Crippen molar-refractivity contribution in [2.24, 2.45) is 22.9 Å². The minimum Gasteiger partial charge on any atom is -0.481 e. The van der Waals surface area contributed by atoms with E-state index in [9.17, 15) is 24.0 Å². The van der Waals surface area contributed by atoms with Gasteiger partial charge in [-0.2, -0.15) is 11.8 Å². The van der Waals surface area contributed by atoms with Gasteiger partial charge in [0.05, 0.1) is 19.4 Å². The van der Waals surface area contributed by atoms with E-state index in [0.29, 0.717) is 25.8 Å². The molecule has 0 heterocycles. The van der Waals surface area contributed by atoms with E-state index in [1.165, 1.54) is 0 Å². The number of carboxylic acid groups (broad SMARTS) is 5. The fourth-order valence-corrected chi connectivity index (χ4v) is 1.61. The third-order valence-corrected chi connectivity index (χ3v) is 3.70. The summed E-state index contributed by atoms with van der Waals surface area (Å²) in [5, 5.41) is 48.2. The number of aliphatic carboxylic acids is 5. The van der Waals surface area contributed by atoms with Crippen LogP contribution in [-0.2, 0) is 24.0 Å². The van der Waals surface area contributed by atoms with Crippen molar-refractivity contribution >= 4 is 41.6 Å². The highest BCUT2D eigenvalue weighted by Crippen LogP contribution is 1.97. The Morgan fingerprint density at radius 1 is 0.727 bits per heavy atom. The van der Waals surface area contributed by atoms with Crippen LogP contribution >= 0.6 is 11.8 Å². The minimum atomic E-state index is -1.18. The highest BCUT2D eigenvalue weighted by molar-refractivity contribution is 7.98. The molecule has 16 heteroatoms. The predicted molar refractivity (Wildman–Crippen MR) is 120 cm³/mol. The van der Waals surface area contributed by atoms with Gasteiger partial charge < -0.3 is 53.6 Å². The van der Waals surface area contributed by atoms with Gasteiger partial charge in [0.25, 0.3) is 0 Å². The summed E-state index contributed by atoms with van der Waals surface area (Å²) in [5.41, 5.74) is 20.2. The lowest BCUT2D eigenvalue weighted by molar-refractivity contribution is -0.143. The molecule has 14 N–H and O–H groups in total. The largest absolute Gasteiger partial charge is 0.481 e. The first kappa shape index (κ1) is 37.8. The average Bonchev–Trinajstić information content (AvgIpc) is 2.74. The summed E-state index contributed by atoms with van der Waals surface area (Å²) in [4.78, 5) is 49.0. The van der Waals surface area contributed by atoms with E-state index in [4.69, 9.17) is 53.6 Å². The lowest BCUT2D eigenvalue weighted by atomic mass is 10.2. The molecule has 0 amide bonds. The topological polar surface area (TPSA) is 311 Å². The third-order valence-electron chi connectivity index (χ3n) is 3.05. The fraction of sp³-hybridized carbons (Fsp3) is 0.706. The number of nitrogens with two attached hydrogens (primary N) is 4. The summed E-state index contributed by atoms with van der Waals surface area (Å²) < 4.78 is 0. The van der Waals surface area contributed by atoms with Gasteiger partial charge in [-0.05, 0) is 37.8 Å². The molecule has 0 aromatic carbocycles. The maximum absolute atomic E-state index is 10.1. The van der Waals surface area contributed by atoms with Gasteiger partial charge in [-0.15, -0.1) is 0 Å². The summed E-state index contributed by atoms with van der Waals surface area (Å²) in [7, 11) is 0. The van der Waals surface area contributed by atoms with Crippen LogP contribution < -0.4 is 22.9 Å². The number of carbonyl (C=O) groups is 5. The Labute approximate surface area is 195 Å². The summed E-state index contributed by atoms with van der Waals surface area (Å²) in [6, 6.07) is -2.55. The molecule has 0 aliphatic rings. The molecule has 0 radical (unpaired) electrons. The van der Waals surface area contributed by atoms with E-state index in [2.05, 4.69) is 0 Å². The van der Waals surface area contributed by atoms with E-state index in [1.54, 1.807) is 11.8 Å². The van der Waals surface area contributed by atoms with Crippen LogP contribution in [0.5, 0.6) is 0 Å². The maximum Gasteiger partial charge on any atom is 0.322 e. The zero-order chi connectivity index (χ0) is 27.0. The Morgan fingerprint density at radius 2 is 1.09 bits per heavy atom. The Kier molecular flexibility index (Phi) is 29.5. The molecule has 0 aromatic rings. The van der Waals surface area contributed by atoms with E-state index in [1.807, 2.05) is 6.26 Å². The van der Waals surface area contributed by atoms with Crippen LogP contribution in [0.4, 0.5) is 0 Å². The first-order chi connectivity index (χ1) is 15.2. The lowest BCUT2D eigenvalue weighted by Gasteiger charge is -2.02. The number of rotatable bonds is 13. The summed E-state index contributed by atoms with van der Waals surface area (Å²) in [5.74, 6) is -4.39. The van der Waals surface area contributed by atoms with E-state index >= 15 is 0 Å². The van der Waals surface area contributed by atoms with Crippen LogP contribution in [0.2, 0.25) is 0 Å². The molecule has 196 valence electrons. The van der Waals surface area contributed by atoms with Crippen LogP contribution in [-0.4, -0.2) is 104 Å². The SMILES string of the molecule is CSCCC(N)C(=O)O.NC(CO)C(=O)O.NCCCC(N)C(=O)O.O=C(O)CCC(=O)O. The van der Waals surface area contributed by atoms with Crippen LogP contribution in [0.25, 0.3) is 0 Å². The van der Waals surface area contributed by atoms with Crippen LogP contribution in [0.1, 0.15) is 32.1 Å². The quantitative estimate of drug-likeness (QED) is 0.125. The van der Waals surface area contributed by atoms with Crippen molar-refractivity contribution in [3.05, 3.63) is 0 Å². The highest BCUT2D eigenvalue weighted by atomic mass is 32.2. The van der Waals surface area contributed by atoms with Crippen LogP contribution in [0, 0.1) is 0 Å². The lowest BCUT2D eigenvalue weighted by Crippen LogP contribution is -2.33. The molecule has 0 saturated carbocycles. The number of hydrogen-bond acceptors (Lipinski definition) is 11. The van der Waals surface area contributed by atoms with Gasteiger partial charge in [-0.1, -0.05) is 0 Å². The summed E-state index contributed by atoms with van der Waals surface area (Å²) in [6.45, 7) is -0.00366. The molecule has 15 nitrogen and oxygen atoms in total. The molecule has 0 fully saturated rings. The molecular formula is C17H36N4O11S. The first-order valence-electron chi connectivity index (χ1n) is 9.36. The molecule has 0 aromatic heterocycles. The van der Waals surface area contributed by atoms with Crippen LogP contribution in [0.3, 0.4) is 0 Å². The van der Waals surface area contributed by atoms with E-state index in [-0.39, 0.29) is 12.8 Å². The maximum atomic E-state index is 10.1. The molecule has 0 rings (SSSR count). The predicted octanol–water partition coefficient (Wildman–Crippen LogP) is -2.38. The van der Waals surface area contributed by atoms with Crippen molar-refractivity contribution in [1.29, 1.82) is 0 Å². The second-order valence-corrected chi connectivity index (χ2v) is 7.00. The summed E-state index contributed by atoms with van der Waals surface area (Å²) >= 11 is 1.60. The first-order valence-corrected chi connectivity index (χ1v) is 10.8. The van der Waals surface area contributed by atoms with Crippen molar-refractivity contribution in [2.75, 3.05) is 25.2 Å². The monoisotopic (exact) mass is 504 g/mol. The Morgan fingerprint density at radius 3 is 1.30 bits per heavy atom. The average molecular weight is 505 g/mol. The molecule has 33 heavy (non-hydrogen) atoms.